The van der Waals surface area contributed by atoms with Gasteiger partial charge >= 0.3 is 0 Å². The van der Waals surface area contributed by atoms with Gasteiger partial charge in [0.2, 0.25) is 5.16 Å². The van der Waals surface area contributed by atoms with Crippen LogP contribution in [0.1, 0.15) is 0 Å². The van der Waals surface area contributed by atoms with Gasteiger partial charge in [-0.05, 0) is 11.5 Å². The van der Waals surface area contributed by atoms with Gasteiger partial charge in [-0.2, -0.15) is 4.37 Å². The molecule has 0 spiro atoms. The fraction of sp³-hybridized carbons (Fsp3) is 0.250. The van der Waals surface area contributed by atoms with Crippen molar-refractivity contribution in [3.8, 4) is 0 Å². The lowest BCUT2D eigenvalue weighted by atomic mass is 10.7. The predicted octanol–water partition coefficient (Wildman–Crippen LogP) is 0.855. The fourth-order valence-electron chi connectivity index (χ4n) is 0.403. The van der Waals surface area contributed by atoms with E-state index < -0.39 is 0 Å². The van der Waals surface area contributed by atoms with Crippen molar-refractivity contribution in [2.24, 2.45) is 5.73 Å². The van der Waals surface area contributed by atoms with Crippen molar-refractivity contribution in [2.45, 2.75) is 9.50 Å². The summed E-state index contributed by atoms with van der Waals surface area (Å²) in [6.07, 6.45) is 0. The molecule has 0 amide bonds. The molecular weight excluding hydrogens is 200 g/mol. The maximum Gasteiger partial charge on any atom is 0.201 e. The van der Waals surface area contributed by atoms with Crippen LogP contribution in [0.15, 0.2) is 9.50 Å². The van der Waals surface area contributed by atoms with Crippen LogP contribution in [0, 0.1) is 5.41 Å². The van der Waals surface area contributed by atoms with E-state index >= 15 is 0 Å². The summed E-state index contributed by atoms with van der Waals surface area (Å²) in [7, 11) is 0. The molecule has 60 valence electrons. The van der Waals surface area contributed by atoms with Crippen molar-refractivity contribution in [1.82, 2.24) is 9.36 Å². The van der Waals surface area contributed by atoms with Crippen molar-refractivity contribution in [3.05, 3.63) is 0 Å². The summed E-state index contributed by atoms with van der Waals surface area (Å²) in [4.78, 5) is 3.96. The zero-order chi connectivity index (χ0) is 8.27. The molecule has 0 aliphatic carbocycles. The summed E-state index contributed by atoms with van der Waals surface area (Å²) in [6, 6.07) is 0. The predicted molar refractivity (Wildman–Crippen MR) is 49.8 cm³/mol. The maximum atomic E-state index is 6.94. The van der Waals surface area contributed by atoms with Crippen LogP contribution in [0.3, 0.4) is 0 Å². The lowest BCUT2D eigenvalue weighted by Crippen LogP contribution is -2.12. The number of nitrogens with one attached hydrogen (secondary N) is 1. The molecule has 11 heavy (non-hydrogen) atoms. The standard InChI is InChI=1S/C4H6N4S3/c5-2(6)1-10-3-7-4(9)11-8-3/h1H2,(H3,5,6)(H,7,8,9). The average Bonchev–Trinajstić information content (AvgIpc) is 2.31. The van der Waals surface area contributed by atoms with Crippen LogP contribution < -0.4 is 5.73 Å². The summed E-state index contributed by atoms with van der Waals surface area (Å²) < 4.78 is 4.59. The summed E-state index contributed by atoms with van der Waals surface area (Å²) in [6.45, 7) is 0. The highest BCUT2D eigenvalue weighted by atomic mass is 32.2. The molecule has 3 N–H and O–H groups in total. The van der Waals surface area contributed by atoms with Gasteiger partial charge < -0.3 is 5.73 Å². The van der Waals surface area contributed by atoms with E-state index in [1.165, 1.54) is 23.3 Å². The first-order chi connectivity index (χ1) is 5.18. The molecule has 1 heterocycles. The zero-order valence-corrected chi connectivity index (χ0v) is 7.97. The molecule has 1 aromatic heterocycles. The number of amidine groups is 1. The van der Waals surface area contributed by atoms with Crippen LogP contribution in [-0.4, -0.2) is 20.9 Å². The van der Waals surface area contributed by atoms with Crippen LogP contribution >= 0.6 is 35.9 Å². The van der Waals surface area contributed by atoms with E-state index in [2.05, 4.69) is 22.0 Å². The molecule has 4 nitrogen and oxygen atoms in total. The van der Waals surface area contributed by atoms with Crippen LogP contribution in [-0.2, 0) is 0 Å². The Morgan fingerprint density at radius 1 is 1.82 bits per heavy atom. The Hall–Kier alpha value is -0.270. The average molecular weight is 206 g/mol. The van der Waals surface area contributed by atoms with Crippen LogP contribution in [0.5, 0.6) is 0 Å². The Kier molecular flexibility index (Phi) is 3.16. The highest BCUT2D eigenvalue weighted by Crippen LogP contribution is 2.17. The lowest BCUT2D eigenvalue weighted by molar-refractivity contribution is 1.02. The first-order valence-electron chi connectivity index (χ1n) is 2.67. The Bertz CT molecular complexity index is 258. The second-order valence-corrected chi connectivity index (χ2v) is 4.09. The lowest BCUT2D eigenvalue weighted by Gasteiger charge is -1.91. The first-order valence-corrected chi connectivity index (χ1v) is 4.87. The molecule has 7 heteroatoms. The van der Waals surface area contributed by atoms with Crippen molar-refractivity contribution >= 4 is 41.8 Å². The van der Waals surface area contributed by atoms with Gasteiger partial charge in [0.15, 0.2) is 4.34 Å². The van der Waals surface area contributed by atoms with E-state index in [4.69, 9.17) is 11.1 Å². The molecule has 0 bridgehead atoms. The molecule has 0 aliphatic heterocycles. The first kappa shape index (κ1) is 8.82. The monoisotopic (exact) mass is 206 g/mol. The normalized spacial score (nSPS) is 9.91. The van der Waals surface area contributed by atoms with Crippen molar-refractivity contribution in [2.75, 3.05) is 5.75 Å². The molecule has 0 fully saturated rings. The Labute approximate surface area is 77.7 Å². The smallest absolute Gasteiger partial charge is 0.201 e. The van der Waals surface area contributed by atoms with E-state index in [-0.39, 0.29) is 5.84 Å². The minimum atomic E-state index is 0.130. The second kappa shape index (κ2) is 3.93. The largest absolute Gasteiger partial charge is 0.387 e. The van der Waals surface area contributed by atoms with Crippen LogP contribution in [0.2, 0.25) is 0 Å². The molecule has 0 radical (unpaired) electrons. The molecule has 0 aliphatic rings. The van der Waals surface area contributed by atoms with Crippen molar-refractivity contribution < 1.29 is 0 Å². The van der Waals surface area contributed by atoms with Crippen LogP contribution in [0.4, 0.5) is 0 Å². The van der Waals surface area contributed by atoms with Gasteiger partial charge in [-0.3, -0.25) is 5.41 Å². The number of aromatic nitrogens is 2. The van der Waals surface area contributed by atoms with E-state index in [1.54, 1.807) is 0 Å². The highest BCUT2D eigenvalue weighted by Gasteiger charge is 2.01. The third kappa shape index (κ3) is 3.08. The van der Waals surface area contributed by atoms with Gasteiger partial charge in [0, 0.05) is 0 Å². The van der Waals surface area contributed by atoms with E-state index in [9.17, 15) is 0 Å². The zero-order valence-electron chi connectivity index (χ0n) is 5.44. The van der Waals surface area contributed by atoms with Gasteiger partial charge in [0.25, 0.3) is 0 Å². The second-order valence-electron chi connectivity index (χ2n) is 1.67. The van der Waals surface area contributed by atoms with Gasteiger partial charge in [-0.15, -0.1) is 12.6 Å². The maximum absolute atomic E-state index is 6.94. The van der Waals surface area contributed by atoms with E-state index in [1.807, 2.05) is 0 Å². The topological polar surface area (TPSA) is 75.7 Å². The van der Waals surface area contributed by atoms with E-state index in [0.29, 0.717) is 15.2 Å². The van der Waals surface area contributed by atoms with Gasteiger partial charge in [0.05, 0.1) is 5.75 Å². The number of thiol groups is 1. The number of rotatable bonds is 3. The molecule has 0 saturated carbocycles. The molecule has 1 aromatic rings. The van der Waals surface area contributed by atoms with Crippen molar-refractivity contribution in [1.29, 1.82) is 5.41 Å². The third-order valence-electron chi connectivity index (χ3n) is 0.753. The van der Waals surface area contributed by atoms with Gasteiger partial charge in [0.1, 0.15) is 5.84 Å². The summed E-state index contributed by atoms with van der Waals surface area (Å²) in [5, 5.41) is 7.57. The third-order valence-corrected chi connectivity index (χ3v) is 2.63. The number of nitrogens with two attached hydrogens (primary N) is 1. The highest BCUT2D eigenvalue weighted by molar-refractivity contribution is 7.99. The SMILES string of the molecule is N=C(N)CSc1nsc(S)n1. The van der Waals surface area contributed by atoms with Gasteiger partial charge in [-0.1, -0.05) is 11.8 Å². The fourth-order valence-corrected chi connectivity index (χ4v) is 1.84. The van der Waals surface area contributed by atoms with Crippen molar-refractivity contribution in [3.63, 3.8) is 0 Å². The molecule has 0 unspecified atom stereocenters. The number of hydrogen-bond donors (Lipinski definition) is 3. The summed E-state index contributed by atoms with van der Waals surface area (Å²) in [5.41, 5.74) is 5.14. The van der Waals surface area contributed by atoms with E-state index in [0.717, 1.165) is 0 Å². The molecule has 0 saturated heterocycles. The molecular formula is C4H6N4S3. The number of nitrogens with zero attached hydrogens (tertiary/aromatic N) is 2. The summed E-state index contributed by atoms with van der Waals surface area (Å²) in [5.74, 6) is 0.565. The van der Waals surface area contributed by atoms with Gasteiger partial charge in [-0.25, -0.2) is 4.98 Å². The van der Waals surface area contributed by atoms with Crippen LogP contribution in [0.25, 0.3) is 0 Å². The minimum absolute atomic E-state index is 0.130. The molecule has 0 atom stereocenters. The Balaban J connectivity index is 2.45. The Morgan fingerprint density at radius 2 is 2.55 bits per heavy atom. The number of thioether (sulfide) groups is 1. The Morgan fingerprint density at radius 3 is 3.00 bits per heavy atom. The molecule has 0 aromatic carbocycles. The quantitative estimate of drug-likeness (QED) is 0.297. The summed E-state index contributed by atoms with van der Waals surface area (Å²) >= 11 is 6.56. The minimum Gasteiger partial charge on any atom is -0.387 e. The molecule has 1 rings (SSSR count). The number of hydrogen-bond acceptors (Lipinski definition) is 6.